The molecule has 1 aromatic carbocycles. The van der Waals surface area contributed by atoms with E-state index < -0.39 is 0 Å². The Morgan fingerprint density at radius 3 is 2.89 bits per heavy atom. The molecule has 0 aromatic heterocycles. The average Bonchev–Trinajstić information content (AvgIpc) is 2.44. The predicted octanol–water partition coefficient (Wildman–Crippen LogP) is 0.938. The van der Waals surface area contributed by atoms with Crippen molar-refractivity contribution in [1.82, 2.24) is 10.6 Å². The summed E-state index contributed by atoms with van der Waals surface area (Å²) < 4.78 is 10.0. The lowest BCUT2D eigenvalue weighted by Gasteiger charge is -2.07. The van der Waals surface area contributed by atoms with Crippen LogP contribution in [0.1, 0.15) is 12.0 Å². The first-order chi connectivity index (χ1) is 9.26. The third kappa shape index (κ3) is 6.79. The monoisotopic (exact) mass is 266 g/mol. The molecular weight excluding hydrogens is 244 g/mol. The van der Waals surface area contributed by atoms with Crippen LogP contribution in [0.5, 0.6) is 5.75 Å². The summed E-state index contributed by atoms with van der Waals surface area (Å²) in [5.74, 6) is 0.822. The first kappa shape index (κ1) is 15.5. The first-order valence-corrected chi connectivity index (χ1v) is 6.35. The van der Waals surface area contributed by atoms with Crippen molar-refractivity contribution in [1.29, 1.82) is 0 Å². The number of carbonyl (C=O) groups excluding carboxylic acids is 1. The zero-order chi connectivity index (χ0) is 13.9. The zero-order valence-electron chi connectivity index (χ0n) is 11.6. The Bertz CT molecular complexity index is 383. The highest BCUT2D eigenvalue weighted by Gasteiger charge is 2.00. The molecule has 0 unspecified atom stereocenters. The SMILES string of the molecule is COCCCNC(=O)CNCc1cccc(OC)c1. The highest BCUT2D eigenvalue weighted by molar-refractivity contribution is 5.77. The van der Waals surface area contributed by atoms with E-state index >= 15 is 0 Å². The summed E-state index contributed by atoms with van der Waals surface area (Å²) in [5, 5.41) is 5.91. The smallest absolute Gasteiger partial charge is 0.233 e. The number of hydrogen-bond donors (Lipinski definition) is 2. The van der Waals surface area contributed by atoms with Crippen LogP contribution in [0, 0.1) is 0 Å². The molecule has 1 aromatic rings. The van der Waals surface area contributed by atoms with Gasteiger partial charge in [-0.05, 0) is 24.1 Å². The predicted molar refractivity (Wildman–Crippen MR) is 74.2 cm³/mol. The molecular formula is C14H22N2O3. The van der Waals surface area contributed by atoms with Gasteiger partial charge in [0.05, 0.1) is 13.7 Å². The van der Waals surface area contributed by atoms with Gasteiger partial charge in [-0.3, -0.25) is 4.79 Å². The second kappa shape index (κ2) is 9.35. The van der Waals surface area contributed by atoms with Gasteiger partial charge in [0.25, 0.3) is 0 Å². The van der Waals surface area contributed by atoms with E-state index in [0.29, 0.717) is 26.2 Å². The quantitative estimate of drug-likeness (QED) is 0.653. The number of amides is 1. The fourth-order valence-corrected chi connectivity index (χ4v) is 1.61. The normalized spacial score (nSPS) is 10.2. The van der Waals surface area contributed by atoms with Gasteiger partial charge in [-0.15, -0.1) is 0 Å². The molecule has 106 valence electrons. The molecule has 19 heavy (non-hydrogen) atoms. The third-order valence-corrected chi connectivity index (χ3v) is 2.60. The molecule has 0 aliphatic carbocycles. The Kier molecular flexibility index (Phi) is 7.62. The summed E-state index contributed by atoms with van der Waals surface area (Å²) in [6.45, 7) is 2.26. The van der Waals surface area contributed by atoms with Crippen LogP contribution in [-0.4, -0.2) is 39.8 Å². The topological polar surface area (TPSA) is 59.6 Å². The summed E-state index contributed by atoms with van der Waals surface area (Å²) in [6.07, 6.45) is 0.831. The Hall–Kier alpha value is -1.59. The molecule has 0 radical (unpaired) electrons. The van der Waals surface area contributed by atoms with E-state index in [1.165, 1.54) is 0 Å². The summed E-state index contributed by atoms with van der Waals surface area (Å²) in [6, 6.07) is 7.77. The lowest BCUT2D eigenvalue weighted by Crippen LogP contribution is -2.34. The number of hydrogen-bond acceptors (Lipinski definition) is 4. The molecule has 0 aliphatic rings. The molecule has 5 nitrogen and oxygen atoms in total. The number of methoxy groups -OCH3 is 2. The molecule has 5 heteroatoms. The molecule has 2 N–H and O–H groups in total. The van der Waals surface area contributed by atoms with Crippen molar-refractivity contribution in [2.45, 2.75) is 13.0 Å². The van der Waals surface area contributed by atoms with Crippen molar-refractivity contribution in [2.24, 2.45) is 0 Å². The van der Waals surface area contributed by atoms with Crippen LogP contribution in [0.4, 0.5) is 0 Å². The van der Waals surface area contributed by atoms with Crippen molar-refractivity contribution >= 4 is 5.91 Å². The molecule has 0 saturated carbocycles. The second-order valence-corrected chi connectivity index (χ2v) is 4.15. The third-order valence-electron chi connectivity index (χ3n) is 2.60. The van der Waals surface area contributed by atoms with Crippen LogP contribution in [0.15, 0.2) is 24.3 Å². The van der Waals surface area contributed by atoms with E-state index in [1.54, 1.807) is 14.2 Å². The number of nitrogens with one attached hydrogen (secondary N) is 2. The van der Waals surface area contributed by atoms with Gasteiger partial charge in [0.15, 0.2) is 0 Å². The summed E-state index contributed by atoms with van der Waals surface area (Å²) in [7, 11) is 3.29. The molecule has 1 amide bonds. The van der Waals surface area contributed by atoms with Gasteiger partial charge in [-0.25, -0.2) is 0 Å². The van der Waals surface area contributed by atoms with E-state index in [1.807, 2.05) is 24.3 Å². The van der Waals surface area contributed by atoms with E-state index in [9.17, 15) is 4.79 Å². The maximum absolute atomic E-state index is 11.5. The van der Waals surface area contributed by atoms with E-state index in [0.717, 1.165) is 17.7 Å². The Morgan fingerprint density at radius 2 is 2.16 bits per heavy atom. The highest BCUT2D eigenvalue weighted by atomic mass is 16.5. The van der Waals surface area contributed by atoms with Gasteiger partial charge in [0, 0.05) is 26.8 Å². The molecule has 0 atom stereocenters. The van der Waals surface area contributed by atoms with Gasteiger partial charge in [0.2, 0.25) is 5.91 Å². The van der Waals surface area contributed by atoms with Gasteiger partial charge in [-0.1, -0.05) is 12.1 Å². The van der Waals surface area contributed by atoms with Crippen LogP contribution in [0.25, 0.3) is 0 Å². The number of ether oxygens (including phenoxy) is 2. The minimum atomic E-state index is -0.000927. The van der Waals surface area contributed by atoms with Crippen molar-refractivity contribution in [3.63, 3.8) is 0 Å². The fourth-order valence-electron chi connectivity index (χ4n) is 1.61. The second-order valence-electron chi connectivity index (χ2n) is 4.15. The summed E-state index contributed by atoms with van der Waals surface area (Å²) in [4.78, 5) is 11.5. The number of rotatable bonds is 9. The van der Waals surface area contributed by atoms with Gasteiger partial charge >= 0.3 is 0 Å². The van der Waals surface area contributed by atoms with Crippen LogP contribution in [0.3, 0.4) is 0 Å². The minimum Gasteiger partial charge on any atom is -0.497 e. The summed E-state index contributed by atoms with van der Waals surface area (Å²) in [5.41, 5.74) is 1.09. The molecule has 0 bridgehead atoms. The number of carbonyl (C=O) groups is 1. The lowest BCUT2D eigenvalue weighted by atomic mass is 10.2. The van der Waals surface area contributed by atoms with Crippen LogP contribution in [-0.2, 0) is 16.1 Å². The molecule has 1 rings (SSSR count). The van der Waals surface area contributed by atoms with Gasteiger partial charge in [-0.2, -0.15) is 0 Å². The van der Waals surface area contributed by atoms with Crippen LogP contribution in [0.2, 0.25) is 0 Å². The molecule has 0 aliphatic heterocycles. The van der Waals surface area contributed by atoms with E-state index in [-0.39, 0.29) is 5.91 Å². The van der Waals surface area contributed by atoms with Crippen molar-refractivity contribution in [2.75, 3.05) is 33.9 Å². The Balaban J connectivity index is 2.16. The largest absolute Gasteiger partial charge is 0.497 e. The van der Waals surface area contributed by atoms with Crippen LogP contribution < -0.4 is 15.4 Å². The average molecular weight is 266 g/mol. The zero-order valence-corrected chi connectivity index (χ0v) is 11.6. The lowest BCUT2D eigenvalue weighted by molar-refractivity contribution is -0.120. The van der Waals surface area contributed by atoms with Gasteiger partial charge < -0.3 is 20.1 Å². The minimum absolute atomic E-state index is 0.000927. The fraction of sp³-hybridized carbons (Fsp3) is 0.500. The van der Waals surface area contributed by atoms with E-state index in [4.69, 9.17) is 9.47 Å². The molecule has 0 spiro atoms. The van der Waals surface area contributed by atoms with Gasteiger partial charge in [0.1, 0.15) is 5.75 Å². The van der Waals surface area contributed by atoms with Crippen molar-refractivity contribution in [3.05, 3.63) is 29.8 Å². The molecule has 0 fully saturated rings. The van der Waals surface area contributed by atoms with Crippen molar-refractivity contribution < 1.29 is 14.3 Å². The summed E-state index contributed by atoms with van der Waals surface area (Å²) >= 11 is 0. The maximum atomic E-state index is 11.5. The van der Waals surface area contributed by atoms with Crippen molar-refractivity contribution in [3.8, 4) is 5.75 Å². The Labute approximate surface area is 114 Å². The molecule has 0 heterocycles. The molecule has 0 saturated heterocycles. The standard InChI is InChI=1S/C14H22N2O3/c1-18-8-4-7-16-14(17)11-15-10-12-5-3-6-13(9-12)19-2/h3,5-6,9,15H,4,7-8,10-11H2,1-2H3,(H,16,17). The maximum Gasteiger partial charge on any atom is 0.233 e. The highest BCUT2D eigenvalue weighted by Crippen LogP contribution is 2.11. The number of benzene rings is 1. The Morgan fingerprint density at radius 1 is 1.32 bits per heavy atom. The van der Waals surface area contributed by atoms with E-state index in [2.05, 4.69) is 10.6 Å². The van der Waals surface area contributed by atoms with Crippen LogP contribution >= 0.6 is 0 Å². The first-order valence-electron chi connectivity index (χ1n) is 6.35.